The Balaban J connectivity index is 1.42. The van der Waals surface area contributed by atoms with Crippen LogP contribution in [0.5, 0.6) is 11.5 Å². The number of alkyl halides is 4. The molecule has 0 radical (unpaired) electrons. The summed E-state index contributed by atoms with van der Waals surface area (Å²) in [7, 11) is 0. The number of allylic oxidation sites excluding steroid dienone is 2. The van der Waals surface area contributed by atoms with Gasteiger partial charge in [0.15, 0.2) is 17.5 Å². The van der Waals surface area contributed by atoms with Crippen LogP contribution in [-0.4, -0.2) is 6.11 Å². The quantitative estimate of drug-likeness (QED) is 0.131. The van der Waals surface area contributed by atoms with E-state index in [-0.39, 0.29) is 12.8 Å². The van der Waals surface area contributed by atoms with Crippen LogP contribution >= 0.6 is 0 Å². The van der Waals surface area contributed by atoms with Crippen LogP contribution in [0, 0.1) is 40.9 Å². The summed E-state index contributed by atoms with van der Waals surface area (Å²) < 4.78 is 138. The van der Waals surface area contributed by atoms with E-state index in [1.54, 1.807) is 0 Å². The topological polar surface area (TPSA) is 18.5 Å². The van der Waals surface area contributed by atoms with Crippen LogP contribution in [0.1, 0.15) is 51.0 Å². The second-order valence-corrected chi connectivity index (χ2v) is 10.2. The molecule has 42 heavy (non-hydrogen) atoms. The Labute approximate surface area is 236 Å². The van der Waals surface area contributed by atoms with Crippen molar-refractivity contribution in [1.29, 1.82) is 0 Å². The Morgan fingerprint density at radius 2 is 1.33 bits per heavy atom. The van der Waals surface area contributed by atoms with Crippen molar-refractivity contribution < 1.29 is 49.0 Å². The summed E-state index contributed by atoms with van der Waals surface area (Å²) in [5.41, 5.74) is -2.18. The number of ether oxygens (including phenoxy) is 2. The summed E-state index contributed by atoms with van der Waals surface area (Å²) in [6, 6.07) is 4.87. The fourth-order valence-electron chi connectivity index (χ4n) is 5.03. The molecule has 3 aromatic rings. The first-order chi connectivity index (χ1) is 19.8. The molecule has 3 aromatic carbocycles. The second-order valence-electron chi connectivity index (χ2n) is 10.2. The van der Waals surface area contributed by atoms with Gasteiger partial charge >= 0.3 is 12.2 Å². The minimum atomic E-state index is -4.38. The van der Waals surface area contributed by atoms with Crippen molar-refractivity contribution in [3.05, 3.63) is 95.3 Å². The van der Waals surface area contributed by atoms with Gasteiger partial charge in [-0.15, -0.1) is 0 Å². The van der Waals surface area contributed by atoms with Gasteiger partial charge in [-0.2, -0.15) is 17.6 Å². The molecule has 0 atom stereocenters. The zero-order chi connectivity index (χ0) is 30.7. The molecule has 0 heterocycles. The molecule has 1 saturated carbocycles. The molecule has 2 nitrogen and oxygen atoms in total. The van der Waals surface area contributed by atoms with Gasteiger partial charge in [0, 0.05) is 17.7 Å². The highest BCUT2D eigenvalue weighted by Crippen LogP contribution is 2.42. The third kappa shape index (κ3) is 7.22. The molecule has 0 unspecified atom stereocenters. The monoisotopic (exact) mass is 602 g/mol. The van der Waals surface area contributed by atoms with Gasteiger partial charge in [0.25, 0.3) is 0 Å². The first kappa shape index (κ1) is 31.3. The Kier molecular flexibility index (Phi) is 9.47. The third-order valence-corrected chi connectivity index (χ3v) is 7.29. The minimum Gasteiger partial charge on any atom is -0.432 e. The molecule has 0 aromatic heterocycles. The highest BCUT2D eigenvalue weighted by Gasteiger charge is 2.44. The Hall–Kier alpha value is -3.63. The van der Waals surface area contributed by atoms with E-state index >= 15 is 0 Å². The predicted molar refractivity (Wildman–Crippen MR) is 138 cm³/mol. The molecule has 0 spiro atoms. The number of hydrogen-bond acceptors (Lipinski definition) is 2. The third-order valence-electron chi connectivity index (χ3n) is 7.29. The van der Waals surface area contributed by atoms with Gasteiger partial charge in [-0.3, -0.25) is 0 Å². The molecular formula is C31H27F9O2. The molecule has 226 valence electrons. The van der Waals surface area contributed by atoms with Crippen molar-refractivity contribution in [1.82, 2.24) is 0 Å². The van der Waals surface area contributed by atoms with Gasteiger partial charge < -0.3 is 9.47 Å². The van der Waals surface area contributed by atoms with Crippen LogP contribution in [0.2, 0.25) is 0 Å². The summed E-state index contributed by atoms with van der Waals surface area (Å²) in [5.74, 6) is -9.99. The Bertz CT molecular complexity index is 1410. The lowest BCUT2D eigenvalue weighted by Crippen LogP contribution is -2.37. The van der Waals surface area contributed by atoms with E-state index in [2.05, 4.69) is 4.74 Å². The molecule has 4 rings (SSSR count). The number of benzene rings is 3. The van der Waals surface area contributed by atoms with Crippen molar-refractivity contribution in [3.63, 3.8) is 0 Å². The van der Waals surface area contributed by atoms with Crippen molar-refractivity contribution in [2.75, 3.05) is 0 Å². The van der Waals surface area contributed by atoms with Crippen molar-refractivity contribution in [2.24, 2.45) is 11.8 Å². The first-order valence-corrected chi connectivity index (χ1v) is 13.3. The van der Waals surface area contributed by atoms with Crippen molar-refractivity contribution >= 4 is 0 Å². The van der Waals surface area contributed by atoms with Gasteiger partial charge in [0.1, 0.15) is 28.7 Å². The van der Waals surface area contributed by atoms with E-state index in [0.717, 1.165) is 31.0 Å². The van der Waals surface area contributed by atoms with Crippen LogP contribution < -0.4 is 9.47 Å². The SMILES string of the molecule is CC=CCCC1CCC(C(F)(F)Oc2ccc(C(F)(F)Oc3ccc(-c4cc(F)c(F)c(F)c4)c(F)c3)c(F)c2)CC1. The average molecular weight is 603 g/mol. The molecule has 0 N–H and O–H groups in total. The first-order valence-electron chi connectivity index (χ1n) is 13.3. The van der Waals surface area contributed by atoms with Crippen LogP contribution in [-0.2, 0) is 6.11 Å². The molecule has 0 saturated heterocycles. The molecular weight excluding hydrogens is 575 g/mol. The number of halogens is 9. The van der Waals surface area contributed by atoms with Crippen LogP contribution in [0.25, 0.3) is 11.1 Å². The average Bonchev–Trinajstić information content (AvgIpc) is 2.91. The van der Waals surface area contributed by atoms with Gasteiger partial charge in [0.2, 0.25) is 0 Å². The van der Waals surface area contributed by atoms with Gasteiger partial charge in [-0.1, -0.05) is 12.2 Å². The summed E-state index contributed by atoms with van der Waals surface area (Å²) in [4.78, 5) is 0. The van der Waals surface area contributed by atoms with E-state index in [4.69, 9.17) is 4.74 Å². The van der Waals surface area contributed by atoms with Crippen molar-refractivity contribution in [3.8, 4) is 22.6 Å². The summed E-state index contributed by atoms with van der Waals surface area (Å²) in [6.07, 6.45) is -0.686. The van der Waals surface area contributed by atoms with Crippen molar-refractivity contribution in [2.45, 2.75) is 57.7 Å². The summed E-state index contributed by atoms with van der Waals surface area (Å²) >= 11 is 0. The van der Waals surface area contributed by atoms with E-state index in [0.29, 0.717) is 49.1 Å². The molecule has 1 aliphatic rings. The lowest BCUT2D eigenvalue weighted by Gasteiger charge is -2.33. The lowest BCUT2D eigenvalue weighted by atomic mass is 9.79. The Morgan fingerprint density at radius 1 is 0.738 bits per heavy atom. The standard InChI is InChI=1S/C31H27F9O2/c1-2-3-4-5-18-6-8-20(9-7-18)30(37,38)41-22-11-13-24(26(33)17-22)31(39,40)42-21-10-12-23(25(32)16-21)19-14-27(34)29(36)28(35)15-19/h2-3,10-18,20H,4-9H2,1H3. The molecule has 1 fully saturated rings. The highest BCUT2D eigenvalue weighted by atomic mass is 19.3. The zero-order valence-electron chi connectivity index (χ0n) is 22.4. The molecule has 0 bridgehead atoms. The highest BCUT2D eigenvalue weighted by molar-refractivity contribution is 5.65. The fraction of sp³-hybridized carbons (Fsp3) is 0.355. The van der Waals surface area contributed by atoms with E-state index in [1.165, 1.54) is 0 Å². The van der Waals surface area contributed by atoms with Gasteiger partial charge in [-0.05, 0) is 93.3 Å². The van der Waals surface area contributed by atoms with E-state index in [9.17, 15) is 39.5 Å². The largest absolute Gasteiger partial charge is 0.432 e. The zero-order valence-corrected chi connectivity index (χ0v) is 22.4. The number of rotatable bonds is 10. The molecule has 0 aliphatic heterocycles. The summed E-state index contributed by atoms with van der Waals surface area (Å²) in [6.45, 7) is 1.91. The van der Waals surface area contributed by atoms with E-state index < -0.39 is 75.4 Å². The fourth-order valence-corrected chi connectivity index (χ4v) is 5.03. The number of hydrogen-bond donors (Lipinski definition) is 0. The maximum atomic E-state index is 14.8. The van der Waals surface area contributed by atoms with Gasteiger partial charge in [-0.25, -0.2) is 22.0 Å². The predicted octanol–water partition coefficient (Wildman–Crippen LogP) is 10.3. The molecule has 11 heteroatoms. The maximum Gasteiger partial charge on any atom is 0.429 e. The van der Waals surface area contributed by atoms with Crippen LogP contribution in [0.15, 0.2) is 60.7 Å². The summed E-state index contributed by atoms with van der Waals surface area (Å²) in [5, 5.41) is 0. The second kappa shape index (κ2) is 12.7. The smallest absolute Gasteiger partial charge is 0.429 e. The maximum absolute atomic E-state index is 14.8. The van der Waals surface area contributed by atoms with Crippen LogP contribution in [0.4, 0.5) is 39.5 Å². The van der Waals surface area contributed by atoms with E-state index in [1.807, 2.05) is 19.1 Å². The normalized spacial score (nSPS) is 18.0. The van der Waals surface area contributed by atoms with Crippen LogP contribution in [0.3, 0.4) is 0 Å². The van der Waals surface area contributed by atoms with Gasteiger partial charge in [0.05, 0.1) is 5.92 Å². The minimum absolute atomic E-state index is 0.209. The molecule has 0 amide bonds. The Morgan fingerprint density at radius 3 is 1.93 bits per heavy atom. The lowest BCUT2D eigenvalue weighted by molar-refractivity contribution is -0.223. The molecule has 1 aliphatic carbocycles.